The molecular weight excluding hydrogens is 352 g/mol. The summed E-state index contributed by atoms with van der Waals surface area (Å²) in [6.45, 7) is 3.87. The zero-order chi connectivity index (χ0) is 20.0. The Balaban J connectivity index is 2.23. The highest BCUT2D eigenvalue weighted by Crippen LogP contribution is 2.20. The highest BCUT2D eigenvalue weighted by molar-refractivity contribution is 5.93. The summed E-state index contributed by atoms with van der Waals surface area (Å²) >= 11 is 0. The van der Waals surface area contributed by atoms with E-state index in [1.807, 2.05) is 13.8 Å². The number of amides is 2. The van der Waals surface area contributed by atoms with E-state index in [1.165, 1.54) is 7.11 Å². The van der Waals surface area contributed by atoms with Crippen molar-refractivity contribution < 1.29 is 19.5 Å². The molecule has 1 atom stereocenters. The van der Waals surface area contributed by atoms with Crippen molar-refractivity contribution in [3.8, 4) is 5.75 Å². The SMILES string of the molecule is COc1ccc2nc(N(N)C(=O)[C@H](CCC(C)C)CN(O)C=O)nnc2c1. The number of hydroxylamine groups is 2. The zero-order valence-corrected chi connectivity index (χ0v) is 15.6. The van der Waals surface area contributed by atoms with E-state index in [9.17, 15) is 14.8 Å². The maximum Gasteiger partial charge on any atom is 0.267 e. The van der Waals surface area contributed by atoms with Crippen LogP contribution in [0, 0.1) is 11.8 Å². The number of ether oxygens (including phenoxy) is 1. The van der Waals surface area contributed by atoms with Crippen molar-refractivity contribution in [2.24, 2.45) is 17.7 Å². The molecule has 2 rings (SSSR count). The Hall–Kier alpha value is -2.85. The topological polar surface area (TPSA) is 135 Å². The fourth-order valence-corrected chi connectivity index (χ4v) is 2.53. The van der Waals surface area contributed by atoms with Gasteiger partial charge in [0, 0.05) is 6.07 Å². The standard InChI is InChI=1S/C17H24N6O4/c1-11(2)4-5-12(9-22(26)10-24)16(25)23(18)17-19-14-7-6-13(27-3)8-15(14)20-21-17/h6-8,10-12,26H,4-5,9,18H2,1-3H3/t12-/m1/s1. The smallest absolute Gasteiger partial charge is 0.267 e. The molecule has 27 heavy (non-hydrogen) atoms. The van der Waals surface area contributed by atoms with Crippen molar-refractivity contribution in [3.05, 3.63) is 18.2 Å². The van der Waals surface area contributed by atoms with E-state index in [4.69, 9.17) is 10.6 Å². The second-order valence-corrected chi connectivity index (χ2v) is 6.57. The number of carbonyl (C=O) groups is 2. The van der Waals surface area contributed by atoms with Crippen LogP contribution < -0.4 is 15.6 Å². The van der Waals surface area contributed by atoms with Crippen LogP contribution >= 0.6 is 0 Å². The van der Waals surface area contributed by atoms with Gasteiger partial charge in [0.15, 0.2) is 0 Å². The summed E-state index contributed by atoms with van der Waals surface area (Å²) in [5, 5.41) is 18.6. The van der Waals surface area contributed by atoms with Gasteiger partial charge in [0.25, 0.3) is 5.95 Å². The van der Waals surface area contributed by atoms with Crippen LogP contribution in [0.1, 0.15) is 26.7 Å². The van der Waals surface area contributed by atoms with E-state index >= 15 is 0 Å². The zero-order valence-electron chi connectivity index (χ0n) is 15.6. The van der Waals surface area contributed by atoms with Gasteiger partial charge < -0.3 is 4.74 Å². The number of benzene rings is 1. The molecule has 0 aliphatic rings. The summed E-state index contributed by atoms with van der Waals surface area (Å²) in [6.07, 6.45) is 1.43. The maximum atomic E-state index is 12.8. The summed E-state index contributed by atoms with van der Waals surface area (Å²) in [4.78, 5) is 27.7. The van der Waals surface area contributed by atoms with Crippen LogP contribution in [0.25, 0.3) is 11.0 Å². The molecule has 0 fully saturated rings. The van der Waals surface area contributed by atoms with Gasteiger partial charge in [-0.25, -0.2) is 20.9 Å². The average Bonchev–Trinajstić information content (AvgIpc) is 2.68. The third-order valence-corrected chi connectivity index (χ3v) is 4.07. The lowest BCUT2D eigenvalue weighted by Gasteiger charge is -2.24. The maximum absolute atomic E-state index is 12.8. The monoisotopic (exact) mass is 376 g/mol. The van der Waals surface area contributed by atoms with Gasteiger partial charge in [-0.1, -0.05) is 20.3 Å². The number of nitrogens with two attached hydrogens (primary N) is 1. The number of aromatic nitrogens is 3. The minimum absolute atomic E-state index is 0.0668. The van der Waals surface area contributed by atoms with E-state index in [0.29, 0.717) is 34.2 Å². The van der Waals surface area contributed by atoms with Gasteiger partial charge in [0.05, 0.1) is 25.1 Å². The van der Waals surface area contributed by atoms with E-state index in [-0.39, 0.29) is 18.9 Å². The molecule has 0 unspecified atom stereocenters. The van der Waals surface area contributed by atoms with Gasteiger partial charge in [-0.15, -0.1) is 10.2 Å². The molecule has 0 saturated carbocycles. The predicted molar refractivity (Wildman–Crippen MR) is 97.7 cm³/mol. The molecule has 0 aliphatic heterocycles. The normalized spacial score (nSPS) is 12.1. The number of hydrazine groups is 1. The van der Waals surface area contributed by atoms with Crippen molar-refractivity contribution >= 4 is 29.3 Å². The fourth-order valence-electron chi connectivity index (χ4n) is 2.53. The van der Waals surface area contributed by atoms with Crippen molar-refractivity contribution in [2.75, 3.05) is 18.7 Å². The fraction of sp³-hybridized carbons (Fsp3) is 0.471. The molecule has 10 nitrogen and oxygen atoms in total. The number of hydrogen-bond donors (Lipinski definition) is 2. The molecular formula is C17H24N6O4. The number of fused-ring (bicyclic) bond motifs is 1. The van der Waals surface area contributed by atoms with E-state index < -0.39 is 11.8 Å². The third-order valence-electron chi connectivity index (χ3n) is 4.07. The first-order valence-electron chi connectivity index (χ1n) is 8.53. The lowest BCUT2D eigenvalue weighted by atomic mass is 9.96. The van der Waals surface area contributed by atoms with Crippen LogP contribution in [0.2, 0.25) is 0 Å². The molecule has 2 aromatic rings. The van der Waals surface area contributed by atoms with Crippen LogP contribution in [0.5, 0.6) is 5.75 Å². The molecule has 1 heterocycles. The van der Waals surface area contributed by atoms with Crippen LogP contribution in [0.3, 0.4) is 0 Å². The number of hydrogen-bond acceptors (Lipinski definition) is 8. The molecule has 0 spiro atoms. The molecule has 1 aromatic heterocycles. The molecule has 3 N–H and O–H groups in total. The molecule has 146 valence electrons. The predicted octanol–water partition coefficient (Wildman–Crippen LogP) is 1.14. The van der Waals surface area contributed by atoms with Crippen LogP contribution in [-0.4, -0.2) is 51.4 Å². The number of methoxy groups -OCH3 is 1. The van der Waals surface area contributed by atoms with Crippen LogP contribution in [0.15, 0.2) is 18.2 Å². The van der Waals surface area contributed by atoms with Crippen LogP contribution in [0.4, 0.5) is 5.95 Å². The molecule has 0 saturated heterocycles. The minimum Gasteiger partial charge on any atom is -0.497 e. The second-order valence-electron chi connectivity index (χ2n) is 6.57. The Morgan fingerprint density at radius 1 is 1.30 bits per heavy atom. The van der Waals surface area contributed by atoms with Crippen molar-refractivity contribution in [3.63, 3.8) is 0 Å². The molecule has 0 aliphatic carbocycles. The lowest BCUT2D eigenvalue weighted by molar-refractivity contribution is -0.154. The van der Waals surface area contributed by atoms with E-state index in [1.54, 1.807) is 18.2 Å². The third kappa shape index (κ3) is 5.31. The summed E-state index contributed by atoms with van der Waals surface area (Å²) in [5.74, 6) is 5.61. The van der Waals surface area contributed by atoms with Gasteiger partial charge in [-0.2, -0.15) is 0 Å². The first kappa shape index (κ1) is 20.5. The number of anilines is 1. The number of nitrogens with zero attached hydrogens (tertiary/aromatic N) is 5. The van der Waals surface area contributed by atoms with E-state index in [0.717, 1.165) is 11.4 Å². The Morgan fingerprint density at radius 3 is 2.67 bits per heavy atom. The quantitative estimate of drug-likeness (QED) is 0.219. The second kappa shape index (κ2) is 9.19. The molecule has 1 aromatic carbocycles. The van der Waals surface area contributed by atoms with Crippen LogP contribution in [-0.2, 0) is 9.59 Å². The van der Waals surface area contributed by atoms with Crippen molar-refractivity contribution in [1.82, 2.24) is 20.2 Å². The van der Waals surface area contributed by atoms with Crippen molar-refractivity contribution in [2.45, 2.75) is 26.7 Å². The summed E-state index contributed by atoms with van der Waals surface area (Å²) in [5.41, 5.74) is 0.997. The molecule has 10 heteroatoms. The van der Waals surface area contributed by atoms with E-state index in [2.05, 4.69) is 15.2 Å². The first-order valence-corrected chi connectivity index (χ1v) is 8.53. The average molecular weight is 376 g/mol. The van der Waals surface area contributed by atoms with Gasteiger partial charge in [0.2, 0.25) is 12.3 Å². The molecule has 2 amide bonds. The Bertz CT molecular complexity index is 800. The molecule has 0 radical (unpaired) electrons. The summed E-state index contributed by atoms with van der Waals surface area (Å²) < 4.78 is 5.12. The van der Waals surface area contributed by atoms with Gasteiger partial charge in [0.1, 0.15) is 11.3 Å². The number of rotatable bonds is 9. The number of carbonyl (C=O) groups excluding carboxylic acids is 2. The lowest BCUT2D eigenvalue weighted by Crippen LogP contribution is -2.46. The highest BCUT2D eigenvalue weighted by atomic mass is 16.5. The van der Waals surface area contributed by atoms with Gasteiger partial charge in [-0.3, -0.25) is 14.8 Å². The van der Waals surface area contributed by atoms with Gasteiger partial charge >= 0.3 is 0 Å². The molecule has 0 bridgehead atoms. The first-order chi connectivity index (χ1) is 12.8. The Labute approximate surface area is 156 Å². The Kier molecular flexibility index (Phi) is 6.97. The minimum atomic E-state index is -0.692. The largest absolute Gasteiger partial charge is 0.497 e. The highest BCUT2D eigenvalue weighted by Gasteiger charge is 2.27. The van der Waals surface area contributed by atoms with Crippen molar-refractivity contribution in [1.29, 1.82) is 0 Å². The Morgan fingerprint density at radius 2 is 2.04 bits per heavy atom. The summed E-state index contributed by atoms with van der Waals surface area (Å²) in [7, 11) is 1.54. The summed E-state index contributed by atoms with van der Waals surface area (Å²) in [6, 6.07) is 5.06. The van der Waals surface area contributed by atoms with Gasteiger partial charge in [-0.05, 0) is 24.5 Å².